The summed E-state index contributed by atoms with van der Waals surface area (Å²) < 4.78 is 11.0. The molecule has 0 aromatic heterocycles. The van der Waals surface area contributed by atoms with Crippen LogP contribution in [-0.4, -0.2) is 47.4 Å². The summed E-state index contributed by atoms with van der Waals surface area (Å²) in [6.45, 7) is 7.09. The van der Waals surface area contributed by atoms with E-state index in [2.05, 4.69) is 0 Å². The van der Waals surface area contributed by atoms with E-state index in [1.54, 1.807) is 4.90 Å². The largest absolute Gasteiger partial charge is 0.481 e. The molecule has 0 radical (unpaired) electrons. The van der Waals surface area contributed by atoms with Crippen molar-refractivity contribution in [3.05, 3.63) is 35.9 Å². The highest BCUT2D eigenvalue weighted by molar-refractivity contribution is 5.75. The summed E-state index contributed by atoms with van der Waals surface area (Å²) in [6.07, 6.45) is 0.890. The molecular formula is C20H29NO5. The minimum atomic E-state index is -0.838. The Morgan fingerprint density at radius 2 is 1.77 bits per heavy atom. The number of rotatable bonds is 6. The summed E-state index contributed by atoms with van der Waals surface area (Å²) in [5, 5.41) is 9.73. The number of carboxylic acids is 1. The molecule has 1 saturated heterocycles. The van der Waals surface area contributed by atoms with E-state index in [-0.39, 0.29) is 6.09 Å². The second-order valence-electron chi connectivity index (χ2n) is 7.84. The number of amides is 1. The van der Waals surface area contributed by atoms with Gasteiger partial charge in [-0.25, -0.2) is 4.79 Å². The number of likely N-dealkylation sites (tertiary alicyclic amines) is 1. The Hall–Kier alpha value is -2.08. The Labute approximate surface area is 155 Å². The van der Waals surface area contributed by atoms with Crippen molar-refractivity contribution in [2.24, 2.45) is 5.41 Å². The Morgan fingerprint density at radius 3 is 2.31 bits per heavy atom. The molecule has 1 aliphatic heterocycles. The number of carboxylic acid groups (broad SMARTS) is 1. The van der Waals surface area contributed by atoms with Gasteiger partial charge in [-0.3, -0.25) is 4.79 Å². The first-order chi connectivity index (χ1) is 12.2. The molecule has 144 valence electrons. The number of ether oxygens (including phenoxy) is 2. The van der Waals surface area contributed by atoms with Crippen LogP contribution in [0.25, 0.3) is 0 Å². The number of hydrogen-bond donors (Lipinski definition) is 1. The van der Waals surface area contributed by atoms with E-state index in [4.69, 9.17) is 9.47 Å². The molecule has 0 aliphatic carbocycles. The Bertz CT molecular complexity index is 600. The van der Waals surface area contributed by atoms with Crippen LogP contribution in [0, 0.1) is 5.41 Å². The minimum absolute atomic E-state index is 0.378. The van der Waals surface area contributed by atoms with Gasteiger partial charge in [0.2, 0.25) is 0 Å². The molecule has 0 atom stereocenters. The number of hydrogen-bond acceptors (Lipinski definition) is 4. The van der Waals surface area contributed by atoms with E-state index < -0.39 is 17.0 Å². The van der Waals surface area contributed by atoms with Crippen LogP contribution in [0.2, 0.25) is 0 Å². The van der Waals surface area contributed by atoms with Crippen molar-refractivity contribution in [1.82, 2.24) is 4.90 Å². The monoisotopic (exact) mass is 363 g/mol. The van der Waals surface area contributed by atoms with Crippen molar-refractivity contribution in [2.75, 3.05) is 19.7 Å². The lowest BCUT2D eigenvalue weighted by Gasteiger charge is -2.39. The number of benzene rings is 1. The quantitative estimate of drug-likeness (QED) is 0.780. The summed E-state index contributed by atoms with van der Waals surface area (Å²) >= 11 is 0. The molecule has 0 saturated carbocycles. The van der Waals surface area contributed by atoms with Gasteiger partial charge >= 0.3 is 12.1 Å². The SMILES string of the molecule is CC(C)(C)OC(=O)N1CCC(CCOCc2ccccc2)(C(=O)O)CC1. The smallest absolute Gasteiger partial charge is 0.410 e. The first kappa shape index (κ1) is 20.2. The second-order valence-corrected chi connectivity index (χ2v) is 7.84. The number of piperidine rings is 1. The third kappa shape index (κ3) is 5.73. The molecule has 1 aromatic carbocycles. The van der Waals surface area contributed by atoms with Crippen molar-refractivity contribution in [3.8, 4) is 0 Å². The molecule has 1 N–H and O–H groups in total. The van der Waals surface area contributed by atoms with E-state index in [9.17, 15) is 14.7 Å². The van der Waals surface area contributed by atoms with Gasteiger partial charge in [0, 0.05) is 19.7 Å². The molecule has 0 spiro atoms. The molecular weight excluding hydrogens is 334 g/mol. The average molecular weight is 363 g/mol. The number of nitrogens with zero attached hydrogens (tertiary/aromatic N) is 1. The van der Waals surface area contributed by atoms with E-state index in [0.717, 1.165) is 5.56 Å². The fourth-order valence-corrected chi connectivity index (χ4v) is 3.05. The zero-order valence-electron chi connectivity index (χ0n) is 15.9. The molecule has 1 aliphatic rings. The molecule has 1 aromatic rings. The van der Waals surface area contributed by atoms with Crippen LogP contribution in [0.15, 0.2) is 30.3 Å². The lowest BCUT2D eigenvalue weighted by Crippen LogP contribution is -2.48. The van der Waals surface area contributed by atoms with Gasteiger partial charge in [0.1, 0.15) is 5.60 Å². The van der Waals surface area contributed by atoms with Crippen LogP contribution in [0.4, 0.5) is 4.79 Å². The number of aliphatic carboxylic acids is 1. The van der Waals surface area contributed by atoms with Gasteiger partial charge in [0.05, 0.1) is 12.0 Å². The van der Waals surface area contributed by atoms with Gasteiger partial charge in [0.15, 0.2) is 0 Å². The second kappa shape index (κ2) is 8.54. The van der Waals surface area contributed by atoms with Crippen LogP contribution in [0.5, 0.6) is 0 Å². The number of carbonyl (C=O) groups excluding carboxylic acids is 1. The third-order valence-electron chi connectivity index (χ3n) is 4.66. The number of carbonyl (C=O) groups is 2. The van der Waals surface area contributed by atoms with Gasteiger partial charge in [0.25, 0.3) is 0 Å². The fraction of sp³-hybridized carbons (Fsp3) is 0.600. The molecule has 0 bridgehead atoms. The first-order valence-electron chi connectivity index (χ1n) is 9.05. The lowest BCUT2D eigenvalue weighted by atomic mass is 9.76. The van der Waals surface area contributed by atoms with Gasteiger partial charge in [-0.15, -0.1) is 0 Å². The fourth-order valence-electron chi connectivity index (χ4n) is 3.05. The molecule has 6 nitrogen and oxygen atoms in total. The summed E-state index contributed by atoms with van der Waals surface area (Å²) in [7, 11) is 0. The van der Waals surface area contributed by atoms with Gasteiger partial charge < -0.3 is 19.5 Å². The molecule has 26 heavy (non-hydrogen) atoms. The Kier molecular flexibility index (Phi) is 6.64. The van der Waals surface area contributed by atoms with Crippen LogP contribution in [0.1, 0.15) is 45.6 Å². The summed E-state index contributed by atoms with van der Waals surface area (Å²) in [6, 6.07) is 9.80. The summed E-state index contributed by atoms with van der Waals surface area (Å²) in [5.74, 6) is -0.815. The highest BCUT2D eigenvalue weighted by Gasteiger charge is 2.42. The molecule has 1 fully saturated rings. The Balaban J connectivity index is 1.83. The van der Waals surface area contributed by atoms with E-state index in [1.807, 2.05) is 51.1 Å². The summed E-state index contributed by atoms with van der Waals surface area (Å²) in [4.78, 5) is 25.6. The first-order valence-corrected chi connectivity index (χ1v) is 9.05. The normalized spacial score (nSPS) is 17.0. The average Bonchev–Trinajstić information content (AvgIpc) is 2.58. The van der Waals surface area contributed by atoms with Crippen molar-refractivity contribution >= 4 is 12.1 Å². The minimum Gasteiger partial charge on any atom is -0.481 e. The maximum Gasteiger partial charge on any atom is 0.410 e. The van der Waals surface area contributed by atoms with Crippen molar-refractivity contribution < 1.29 is 24.2 Å². The molecule has 1 heterocycles. The van der Waals surface area contributed by atoms with Gasteiger partial charge in [-0.05, 0) is 45.6 Å². The highest BCUT2D eigenvalue weighted by Crippen LogP contribution is 2.36. The van der Waals surface area contributed by atoms with Crippen LogP contribution in [-0.2, 0) is 20.9 Å². The lowest BCUT2D eigenvalue weighted by molar-refractivity contribution is -0.153. The van der Waals surface area contributed by atoms with Crippen molar-refractivity contribution in [1.29, 1.82) is 0 Å². The highest BCUT2D eigenvalue weighted by atomic mass is 16.6. The van der Waals surface area contributed by atoms with Gasteiger partial charge in [-0.2, -0.15) is 0 Å². The van der Waals surface area contributed by atoms with Crippen molar-refractivity contribution in [2.45, 2.75) is 52.2 Å². The van der Waals surface area contributed by atoms with Gasteiger partial charge in [-0.1, -0.05) is 30.3 Å². The molecule has 2 rings (SSSR count). The summed E-state index contributed by atoms with van der Waals surface area (Å²) in [5.41, 5.74) is -0.324. The Morgan fingerprint density at radius 1 is 1.15 bits per heavy atom. The van der Waals surface area contributed by atoms with E-state index in [0.29, 0.717) is 45.6 Å². The zero-order valence-corrected chi connectivity index (χ0v) is 15.9. The van der Waals surface area contributed by atoms with Crippen LogP contribution in [0.3, 0.4) is 0 Å². The van der Waals surface area contributed by atoms with Crippen LogP contribution < -0.4 is 0 Å². The maximum absolute atomic E-state index is 12.1. The van der Waals surface area contributed by atoms with Crippen LogP contribution >= 0.6 is 0 Å². The zero-order chi connectivity index (χ0) is 19.2. The topological polar surface area (TPSA) is 76.1 Å². The van der Waals surface area contributed by atoms with E-state index >= 15 is 0 Å². The predicted octanol–water partition coefficient (Wildman–Crippen LogP) is 3.70. The predicted molar refractivity (Wildman–Crippen MR) is 97.8 cm³/mol. The molecule has 0 unspecified atom stereocenters. The molecule has 1 amide bonds. The van der Waals surface area contributed by atoms with E-state index in [1.165, 1.54) is 0 Å². The van der Waals surface area contributed by atoms with Crippen molar-refractivity contribution in [3.63, 3.8) is 0 Å². The maximum atomic E-state index is 12.1. The third-order valence-corrected chi connectivity index (χ3v) is 4.66. The standard InChI is InChI=1S/C20H29NO5/c1-19(2,3)26-18(24)21-12-9-20(10-13-21,17(22)23)11-14-25-15-16-7-5-4-6-8-16/h4-8H,9-15H2,1-3H3,(H,22,23). The molecule has 6 heteroatoms.